The predicted molar refractivity (Wildman–Crippen MR) is 115 cm³/mol. The molecule has 0 saturated heterocycles. The van der Waals surface area contributed by atoms with E-state index in [2.05, 4.69) is 40.3 Å². The number of cyclic esters (lactones) is 1. The van der Waals surface area contributed by atoms with Crippen molar-refractivity contribution in [3.05, 3.63) is 35.5 Å². The van der Waals surface area contributed by atoms with E-state index >= 15 is 0 Å². The number of carbonyl (C=O) groups excluding carboxylic acids is 1. The smallest absolute Gasteiger partial charge is 0.331 e. The van der Waals surface area contributed by atoms with Gasteiger partial charge in [0.25, 0.3) is 0 Å². The summed E-state index contributed by atoms with van der Waals surface area (Å²) < 4.78 is 4.88. The molecule has 1 heterocycles. The van der Waals surface area contributed by atoms with Gasteiger partial charge < -0.3 is 14.9 Å². The summed E-state index contributed by atoms with van der Waals surface area (Å²) in [6.45, 7) is 13.6. The Morgan fingerprint density at radius 2 is 2.17 bits per heavy atom. The van der Waals surface area contributed by atoms with Crippen molar-refractivity contribution < 1.29 is 19.7 Å². The number of aliphatic hydroxyl groups excluding tert-OH is 2. The molecule has 0 bridgehead atoms. The van der Waals surface area contributed by atoms with Crippen LogP contribution >= 0.6 is 0 Å². The summed E-state index contributed by atoms with van der Waals surface area (Å²) in [4.78, 5) is 11.2. The van der Waals surface area contributed by atoms with Crippen LogP contribution < -0.4 is 0 Å². The topological polar surface area (TPSA) is 66.8 Å². The highest BCUT2D eigenvalue weighted by molar-refractivity contribution is 5.85. The molecule has 0 amide bonds. The van der Waals surface area contributed by atoms with Gasteiger partial charge in [-0.05, 0) is 74.5 Å². The quantitative estimate of drug-likeness (QED) is 0.498. The molecule has 0 aromatic carbocycles. The molecular weight excluding hydrogens is 364 g/mol. The Morgan fingerprint density at radius 3 is 2.83 bits per heavy atom. The lowest BCUT2D eigenvalue weighted by Crippen LogP contribution is -2.55. The largest absolute Gasteiger partial charge is 0.458 e. The van der Waals surface area contributed by atoms with Gasteiger partial charge in [-0.3, -0.25) is 0 Å². The molecule has 6 unspecified atom stereocenters. The van der Waals surface area contributed by atoms with Gasteiger partial charge in [0.2, 0.25) is 0 Å². The maximum atomic E-state index is 11.2. The number of carbonyl (C=O) groups is 1. The zero-order valence-electron chi connectivity index (χ0n) is 18.5. The predicted octanol–water partition coefficient (Wildman–Crippen LogP) is 4.72. The lowest BCUT2D eigenvalue weighted by Gasteiger charge is -2.60. The Balaban J connectivity index is 1.67. The van der Waals surface area contributed by atoms with E-state index in [-0.39, 0.29) is 35.4 Å². The van der Waals surface area contributed by atoms with Crippen molar-refractivity contribution >= 4 is 5.97 Å². The molecular formula is C25H38O4. The van der Waals surface area contributed by atoms with Gasteiger partial charge in [-0.15, -0.1) is 0 Å². The third kappa shape index (κ3) is 4.25. The van der Waals surface area contributed by atoms with Crippen molar-refractivity contribution in [3.63, 3.8) is 0 Å². The van der Waals surface area contributed by atoms with Gasteiger partial charge in [0.1, 0.15) is 6.61 Å². The molecule has 2 saturated carbocycles. The molecule has 29 heavy (non-hydrogen) atoms. The van der Waals surface area contributed by atoms with Gasteiger partial charge in [0.15, 0.2) is 0 Å². The number of fused-ring (bicyclic) bond motifs is 1. The maximum Gasteiger partial charge on any atom is 0.331 e. The second-order valence-corrected chi connectivity index (χ2v) is 10.2. The number of allylic oxidation sites excluding steroid dienone is 2. The molecule has 2 aliphatic carbocycles. The summed E-state index contributed by atoms with van der Waals surface area (Å²) in [6, 6.07) is 0. The Labute approximate surface area is 175 Å². The van der Waals surface area contributed by atoms with Crippen LogP contribution in [0.25, 0.3) is 0 Å². The van der Waals surface area contributed by atoms with Gasteiger partial charge in [0, 0.05) is 11.6 Å². The molecule has 1 aliphatic heterocycles. The molecule has 2 fully saturated rings. The number of esters is 1. The number of aliphatic hydroxyl groups is 2. The molecule has 4 nitrogen and oxygen atoms in total. The normalized spacial score (nSPS) is 39.0. The Hall–Kier alpha value is -1.39. The van der Waals surface area contributed by atoms with Gasteiger partial charge >= 0.3 is 5.97 Å². The summed E-state index contributed by atoms with van der Waals surface area (Å²) >= 11 is 0. The van der Waals surface area contributed by atoms with Crippen molar-refractivity contribution in [2.75, 3.05) is 6.61 Å². The van der Waals surface area contributed by atoms with Crippen LogP contribution in [0, 0.1) is 22.7 Å². The zero-order chi connectivity index (χ0) is 21.4. The van der Waals surface area contributed by atoms with E-state index in [9.17, 15) is 15.0 Å². The van der Waals surface area contributed by atoms with Crippen molar-refractivity contribution in [3.8, 4) is 0 Å². The van der Waals surface area contributed by atoms with Crippen LogP contribution in [0.5, 0.6) is 0 Å². The van der Waals surface area contributed by atoms with Gasteiger partial charge in [0.05, 0.1) is 12.2 Å². The van der Waals surface area contributed by atoms with Gasteiger partial charge in [-0.25, -0.2) is 4.79 Å². The second kappa shape index (κ2) is 8.39. The fourth-order valence-corrected chi connectivity index (χ4v) is 6.10. The molecule has 2 N–H and O–H groups in total. The van der Waals surface area contributed by atoms with Crippen LogP contribution in [-0.4, -0.2) is 35.0 Å². The lowest BCUT2D eigenvalue weighted by atomic mass is 9.45. The summed E-state index contributed by atoms with van der Waals surface area (Å²) in [6.07, 6.45) is 9.36. The first-order valence-corrected chi connectivity index (χ1v) is 11.1. The minimum absolute atomic E-state index is 0.0359. The number of hydrogen-bond donors (Lipinski definition) is 2. The molecule has 6 atom stereocenters. The Bertz CT molecular complexity index is 720. The third-order valence-corrected chi connectivity index (χ3v) is 8.45. The molecule has 3 aliphatic rings. The third-order valence-electron chi connectivity index (χ3n) is 8.45. The number of hydrogen-bond acceptors (Lipinski definition) is 4. The molecule has 3 rings (SSSR count). The van der Waals surface area contributed by atoms with Crippen LogP contribution in [0.2, 0.25) is 0 Å². The van der Waals surface area contributed by atoms with Crippen LogP contribution in [0.15, 0.2) is 35.5 Å². The molecule has 0 radical (unpaired) electrons. The van der Waals surface area contributed by atoms with Crippen LogP contribution in [0.4, 0.5) is 0 Å². The van der Waals surface area contributed by atoms with E-state index in [4.69, 9.17) is 4.74 Å². The molecule has 0 aromatic rings. The average molecular weight is 403 g/mol. The van der Waals surface area contributed by atoms with Crippen LogP contribution in [0.1, 0.15) is 72.6 Å². The highest BCUT2D eigenvalue weighted by Crippen LogP contribution is 2.62. The molecule has 0 aromatic heterocycles. The van der Waals surface area contributed by atoms with Crippen molar-refractivity contribution in [1.29, 1.82) is 0 Å². The average Bonchev–Trinajstić information content (AvgIpc) is 3.11. The van der Waals surface area contributed by atoms with E-state index in [0.29, 0.717) is 17.9 Å². The first-order chi connectivity index (χ1) is 13.6. The summed E-state index contributed by atoms with van der Waals surface area (Å²) in [5.41, 5.74) is 3.33. The first-order valence-electron chi connectivity index (χ1n) is 11.1. The minimum Gasteiger partial charge on any atom is -0.458 e. The zero-order valence-corrected chi connectivity index (χ0v) is 18.5. The van der Waals surface area contributed by atoms with Crippen molar-refractivity contribution in [1.82, 2.24) is 0 Å². The fraction of sp³-hybridized carbons (Fsp3) is 0.720. The van der Waals surface area contributed by atoms with E-state index in [1.54, 1.807) is 0 Å². The Morgan fingerprint density at radius 1 is 1.45 bits per heavy atom. The fourth-order valence-electron chi connectivity index (χ4n) is 6.10. The number of ether oxygens (including phenoxy) is 1. The van der Waals surface area contributed by atoms with E-state index in [1.807, 2.05) is 0 Å². The highest BCUT2D eigenvalue weighted by Gasteiger charge is 2.56. The maximum absolute atomic E-state index is 11.2. The Kier molecular flexibility index (Phi) is 6.45. The lowest BCUT2D eigenvalue weighted by molar-refractivity contribution is -0.135. The summed E-state index contributed by atoms with van der Waals surface area (Å²) in [5, 5.41) is 21.2. The first kappa shape index (κ1) is 22.3. The van der Waals surface area contributed by atoms with Gasteiger partial charge in [-0.2, -0.15) is 0 Å². The van der Waals surface area contributed by atoms with E-state index in [0.717, 1.165) is 25.7 Å². The minimum atomic E-state index is -0.660. The molecule has 162 valence electrons. The van der Waals surface area contributed by atoms with Gasteiger partial charge in [-0.1, -0.05) is 44.6 Å². The summed E-state index contributed by atoms with van der Waals surface area (Å²) in [5.74, 6) is 0.450. The number of rotatable bonds is 6. The van der Waals surface area contributed by atoms with Crippen molar-refractivity contribution in [2.45, 2.75) is 84.8 Å². The second-order valence-electron chi connectivity index (χ2n) is 10.2. The SMILES string of the molecule is C=C1CCCC2C1(C)CC(O)C(C)C2(C)CCC(C)=CCC(O)C1=CC(=O)OC1. The molecule has 0 spiro atoms. The van der Waals surface area contributed by atoms with Crippen LogP contribution in [-0.2, 0) is 9.53 Å². The highest BCUT2D eigenvalue weighted by atomic mass is 16.5. The van der Waals surface area contributed by atoms with E-state index < -0.39 is 6.10 Å². The van der Waals surface area contributed by atoms with E-state index in [1.165, 1.54) is 30.1 Å². The monoisotopic (exact) mass is 402 g/mol. The standard InChI is InChI=1S/C25H38O4/c1-16(9-10-20(26)19-13-23(28)29-15-19)11-12-24(4)18(3)21(27)14-25(5)17(2)7-6-8-22(24)25/h9,13,18,20-22,26-27H,2,6-8,10-12,14-15H2,1,3-5H3. The molecule has 4 heteroatoms. The summed E-state index contributed by atoms with van der Waals surface area (Å²) in [7, 11) is 0. The van der Waals surface area contributed by atoms with Crippen molar-refractivity contribution in [2.24, 2.45) is 22.7 Å². The van der Waals surface area contributed by atoms with Crippen LogP contribution in [0.3, 0.4) is 0 Å².